The SMILES string of the molecule is Fc1ccc2nc([C@H]3CCCN3Cc3cn[nH]c3-c3ccc4c(c3)OCO4)[nH]c2c1. The Morgan fingerprint density at radius 2 is 2.07 bits per heavy atom. The highest BCUT2D eigenvalue weighted by molar-refractivity contribution is 5.75. The van der Waals surface area contributed by atoms with Gasteiger partial charge in [0.15, 0.2) is 11.5 Å². The molecule has 2 N–H and O–H groups in total. The lowest BCUT2D eigenvalue weighted by Gasteiger charge is -2.22. The van der Waals surface area contributed by atoms with Crippen LogP contribution < -0.4 is 9.47 Å². The van der Waals surface area contributed by atoms with E-state index < -0.39 is 0 Å². The maximum atomic E-state index is 13.6. The molecule has 0 aliphatic carbocycles. The summed E-state index contributed by atoms with van der Waals surface area (Å²) in [4.78, 5) is 10.4. The highest BCUT2D eigenvalue weighted by Gasteiger charge is 2.29. The molecule has 2 aliphatic heterocycles. The normalized spacial score (nSPS) is 18.5. The van der Waals surface area contributed by atoms with Crippen molar-refractivity contribution in [2.24, 2.45) is 0 Å². The Balaban J connectivity index is 1.28. The lowest BCUT2D eigenvalue weighted by atomic mass is 10.1. The Morgan fingerprint density at radius 3 is 3.03 bits per heavy atom. The van der Waals surface area contributed by atoms with Crippen LogP contribution in [0.1, 0.15) is 30.3 Å². The van der Waals surface area contributed by atoms with Gasteiger partial charge in [-0.15, -0.1) is 0 Å². The molecular weight excluding hydrogens is 385 g/mol. The zero-order chi connectivity index (χ0) is 20.1. The number of aromatic amines is 2. The third-order valence-corrected chi connectivity index (χ3v) is 5.89. The minimum absolute atomic E-state index is 0.167. The minimum Gasteiger partial charge on any atom is -0.454 e. The van der Waals surface area contributed by atoms with Gasteiger partial charge in [-0.1, -0.05) is 0 Å². The molecule has 1 fully saturated rings. The molecule has 8 heteroatoms. The number of nitrogens with zero attached hydrogens (tertiary/aromatic N) is 3. The largest absolute Gasteiger partial charge is 0.454 e. The van der Waals surface area contributed by atoms with Crippen LogP contribution in [0, 0.1) is 5.82 Å². The van der Waals surface area contributed by atoms with E-state index in [4.69, 9.17) is 14.5 Å². The van der Waals surface area contributed by atoms with Gasteiger partial charge in [0.25, 0.3) is 0 Å². The number of hydrogen-bond donors (Lipinski definition) is 2. The summed E-state index contributed by atoms with van der Waals surface area (Å²) < 4.78 is 24.5. The molecule has 0 unspecified atom stereocenters. The van der Waals surface area contributed by atoms with Crippen molar-refractivity contribution in [2.75, 3.05) is 13.3 Å². The van der Waals surface area contributed by atoms with E-state index >= 15 is 0 Å². The van der Waals surface area contributed by atoms with Gasteiger partial charge in [-0.3, -0.25) is 10.00 Å². The van der Waals surface area contributed by atoms with E-state index in [-0.39, 0.29) is 18.7 Å². The standard InChI is InChI=1S/C22H20FN5O2/c23-15-4-5-16-17(9-15)26-22(25-16)18-2-1-7-28(18)11-14-10-24-27-21(14)13-3-6-19-20(8-13)30-12-29-19/h3-6,8-10,18H,1-2,7,11-12H2,(H,24,27)(H,25,26)/t18-/m1/s1. The van der Waals surface area contributed by atoms with Crippen LogP contribution in [0.2, 0.25) is 0 Å². The number of halogens is 1. The summed E-state index contributed by atoms with van der Waals surface area (Å²) in [6.07, 6.45) is 3.98. The number of fused-ring (bicyclic) bond motifs is 2. The maximum absolute atomic E-state index is 13.6. The molecule has 4 aromatic rings. The summed E-state index contributed by atoms with van der Waals surface area (Å²) in [5, 5.41) is 7.42. The second-order valence-corrected chi connectivity index (χ2v) is 7.75. The van der Waals surface area contributed by atoms with Gasteiger partial charge in [-0.25, -0.2) is 9.37 Å². The highest BCUT2D eigenvalue weighted by Crippen LogP contribution is 2.38. The zero-order valence-corrected chi connectivity index (χ0v) is 16.2. The summed E-state index contributed by atoms with van der Waals surface area (Å²) >= 11 is 0. The average molecular weight is 405 g/mol. The molecule has 30 heavy (non-hydrogen) atoms. The van der Waals surface area contributed by atoms with Gasteiger partial charge in [0.05, 0.1) is 29.0 Å². The molecule has 2 aromatic carbocycles. The van der Waals surface area contributed by atoms with Gasteiger partial charge >= 0.3 is 0 Å². The van der Waals surface area contributed by atoms with E-state index in [9.17, 15) is 4.39 Å². The number of aromatic nitrogens is 4. The third kappa shape index (κ3) is 2.91. The van der Waals surface area contributed by atoms with Gasteiger partial charge in [0.2, 0.25) is 6.79 Å². The number of ether oxygens (including phenoxy) is 2. The molecule has 1 saturated heterocycles. The molecule has 1 atom stereocenters. The number of H-pyrrole nitrogens is 2. The molecule has 0 spiro atoms. The third-order valence-electron chi connectivity index (χ3n) is 5.89. The van der Waals surface area contributed by atoms with Crippen molar-refractivity contribution in [3.8, 4) is 22.8 Å². The number of likely N-dealkylation sites (tertiary alicyclic amines) is 1. The first kappa shape index (κ1) is 17.5. The van der Waals surface area contributed by atoms with Crippen molar-refractivity contribution in [1.82, 2.24) is 25.1 Å². The van der Waals surface area contributed by atoms with Gasteiger partial charge in [-0.2, -0.15) is 5.10 Å². The van der Waals surface area contributed by atoms with E-state index in [1.165, 1.54) is 12.1 Å². The van der Waals surface area contributed by atoms with Crippen LogP contribution in [0.25, 0.3) is 22.3 Å². The average Bonchev–Trinajstić information content (AvgIpc) is 3.53. The summed E-state index contributed by atoms with van der Waals surface area (Å²) in [6, 6.07) is 10.8. The Kier molecular flexibility index (Phi) is 3.98. The predicted octanol–water partition coefficient (Wildman–Crippen LogP) is 4.16. The van der Waals surface area contributed by atoms with Crippen LogP contribution in [-0.4, -0.2) is 38.4 Å². The summed E-state index contributed by atoms with van der Waals surface area (Å²) in [5.74, 6) is 2.15. The molecule has 0 saturated carbocycles. The summed E-state index contributed by atoms with van der Waals surface area (Å²) in [5.41, 5.74) is 4.64. The second-order valence-electron chi connectivity index (χ2n) is 7.75. The van der Waals surface area contributed by atoms with Crippen molar-refractivity contribution in [1.29, 1.82) is 0 Å². The number of nitrogens with one attached hydrogen (secondary N) is 2. The Labute approximate surface area is 171 Å². The molecule has 0 bridgehead atoms. The number of hydrogen-bond acceptors (Lipinski definition) is 5. The number of imidazole rings is 1. The fourth-order valence-electron chi connectivity index (χ4n) is 4.44. The molecule has 7 nitrogen and oxygen atoms in total. The van der Waals surface area contributed by atoms with Crippen LogP contribution in [0.3, 0.4) is 0 Å². The monoisotopic (exact) mass is 405 g/mol. The summed E-state index contributed by atoms with van der Waals surface area (Å²) in [7, 11) is 0. The van der Waals surface area contributed by atoms with E-state index in [0.29, 0.717) is 0 Å². The maximum Gasteiger partial charge on any atom is 0.231 e. The molecule has 4 heterocycles. The van der Waals surface area contributed by atoms with Crippen molar-refractivity contribution < 1.29 is 13.9 Å². The van der Waals surface area contributed by atoms with Crippen molar-refractivity contribution in [3.63, 3.8) is 0 Å². The first-order chi connectivity index (χ1) is 14.7. The van der Waals surface area contributed by atoms with Gasteiger partial charge in [0, 0.05) is 17.7 Å². The lowest BCUT2D eigenvalue weighted by Crippen LogP contribution is -2.23. The first-order valence-electron chi connectivity index (χ1n) is 10.1. The lowest BCUT2D eigenvalue weighted by molar-refractivity contribution is 0.174. The van der Waals surface area contributed by atoms with Crippen molar-refractivity contribution >= 4 is 11.0 Å². The minimum atomic E-state index is -0.257. The van der Waals surface area contributed by atoms with Gasteiger partial charge < -0.3 is 14.5 Å². The van der Waals surface area contributed by atoms with Gasteiger partial charge in [0.1, 0.15) is 11.6 Å². The Morgan fingerprint density at radius 1 is 1.13 bits per heavy atom. The summed E-state index contributed by atoms with van der Waals surface area (Å²) in [6.45, 7) is 1.98. The smallest absolute Gasteiger partial charge is 0.231 e. The first-order valence-corrected chi connectivity index (χ1v) is 10.1. The van der Waals surface area contributed by atoms with Crippen LogP contribution in [0.5, 0.6) is 11.5 Å². The fraction of sp³-hybridized carbons (Fsp3) is 0.273. The van der Waals surface area contributed by atoms with E-state index in [0.717, 1.165) is 71.1 Å². The predicted molar refractivity (Wildman–Crippen MR) is 109 cm³/mol. The topological polar surface area (TPSA) is 79.1 Å². The molecule has 2 aliphatic rings. The molecular formula is C22H20FN5O2. The van der Waals surface area contributed by atoms with E-state index in [1.807, 2.05) is 24.4 Å². The van der Waals surface area contributed by atoms with Crippen LogP contribution in [0.15, 0.2) is 42.6 Å². The van der Waals surface area contributed by atoms with Gasteiger partial charge in [-0.05, 0) is 55.8 Å². The Hall–Kier alpha value is -3.39. The molecule has 0 radical (unpaired) electrons. The van der Waals surface area contributed by atoms with Crippen LogP contribution in [0.4, 0.5) is 4.39 Å². The van der Waals surface area contributed by atoms with Crippen molar-refractivity contribution in [2.45, 2.75) is 25.4 Å². The van der Waals surface area contributed by atoms with Crippen LogP contribution >= 0.6 is 0 Å². The quantitative estimate of drug-likeness (QED) is 0.533. The van der Waals surface area contributed by atoms with Crippen molar-refractivity contribution in [3.05, 3.63) is 59.8 Å². The molecule has 2 aromatic heterocycles. The zero-order valence-electron chi connectivity index (χ0n) is 16.2. The number of benzene rings is 2. The highest BCUT2D eigenvalue weighted by atomic mass is 19.1. The second kappa shape index (κ2) is 6.84. The molecule has 6 rings (SSSR count). The van der Waals surface area contributed by atoms with Crippen LogP contribution in [-0.2, 0) is 6.54 Å². The van der Waals surface area contributed by atoms with E-state index in [1.54, 1.807) is 6.07 Å². The van der Waals surface area contributed by atoms with E-state index in [2.05, 4.69) is 20.1 Å². The molecule has 0 amide bonds. The number of rotatable bonds is 4. The Bertz CT molecular complexity index is 1230. The molecule has 152 valence electrons. The fourth-order valence-corrected chi connectivity index (χ4v) is 4.44.